The lowest BCUT2D eigenvalue weighted by Gasteiger charge is -2.10. The van der Waals surface area contributed by atoms with Gasteiger partial charge in [0.15, 0.2) is 5.65 Å². The van der Waals surface area contributed by atoms with Gasteiger partial charge in [0.25, 0.3) is 5.56 Å². The minimum absolute atomic E-state index is 0.169. The van der Waals surface area contributed by atoms with Crippen molar-refractivity contribution in [1.82, 2.24) is 19.1 Å². The Kier molecular flexibility index (Phi) is 6.96. The molecule has 0 amide bonds. The van der Waals surface area contributed by atoms with Crippen molar-refractivity contribution in [2.24, 2.45) is 0 Å². The van der Waals surface area contributed by atoms with Crippen molar-refractivity contribution in [1.29, 1.82) is 0 Å². The van der Waals surface area contributed by atoms with Gasteiger partial charge in [0, 0.05) is 19.1 Å². The van der Waals surface area contributed by atoms with E-state index in [1.165, 1.54) is 10.1 Å². The van der Waals surface area contributed by atoms with Crippen LogP contribution in [-0.2, 0) is 30.5 Å². The summed E-state index contributed by atoms with van der Waals surface area (Å²) in [7, 11) is -4.10. The molecule has 3 rings (SSSR count). The summed E-state index contributed by atoms with van der Waals surface area (Å²) in [5, 5.41) is 0. The molecule has 0 aliphatic heterocycles. The van der Waals surface area contributed by atoms with Crippen molar-refractivity contribution >= 4 is 18.8 Å². The van der Waals surface area contributed by atoms with Crippen LogP contribution in [0.1, 0.15) is 29.8 Å². The molecule has 0 saturated heterocycles. The molecule has 1 aromatic carbocycles. The zero-order chi connectivity index (χ0) is 22.6. The highest BCUT2D eigenvalue weighted by atomic mass is 31.2. The number of nitrogens with one attached hydrogen (secondary N) is 1. The molecular formula is C21H25N4O5P. The van der Waals surface area contributed by atoms with Crippen LogP contribution in [0, 0.1) is 19.3 Å². The first-order valence-corrected chi connectivity index (χ1v) is 11.8. The van der Waals surface area contributed by atoms with E-state index in [2.05, 4.69) is 15.9 Å². The van der Waals surface area contributed by atoms with Crippen LogP contribution >= 0.6 is 7.60 Å². The summed E-state index contributed by atoms with van der Waals surface area (Å²) in [6.45, 7) is 2.03. The number of rotatable bonds is 9. The fourth-order valence-corrected chi connectivity index (χ4v) is 4.13. The van der Waals surface area contributed by atoms with E-state index in [4.69, 9.17) is 16.2 Å². The standard InChI is InChI=1S/C21H25N4O5P/c1-3-12-25-20(26)18-19(24(21(25)27)13-6-7-14-31(28,29)30)23-17(22-18)11-10-16-9-5-4-8-15(16)2/h1,4-5,8-9H,6-7,10-14H2,2H3,(H,22,23)(H2,28,29,30). The molecule has 10 heteroatoms. The average Bonchev–Trinajstić information content (AvgIpc) is 3.13. The Labute approximate surface area is 178 Å². The predicted molar refractivity (Wildman–Crippen MR) is 118 cm³/mol. The third-order valence-electron chi connectivity index (χ3n) is 5.13. The molecule has 0 saturated carbocycles. The van der Waals surface area contributed by atoms with E-state index in [0.717, 1.165) is 16.6 Å². The van der Waals surface area contributed by atoms with Gasteiger partial charge in [-0.1, -0.05) is 30.2 Å². The van der Waals surface area contributed by atoms with E-state index in [9.17, 15) is 14.2 Å². The number of H-pyrrole nitrogens is 1. The number of aromatic nitrogens is 4. The molecule has 0 atom stereocenters. The highest BCUT2D eigenvalue weighted by Crippen LogP contribution is 2.35. The average molecular weight is 444 g/mol. The lowest BCUT2D eigenvalue weighted by Crippen LogP contribution is -2.40. The van der Waals surface area contributed by atoms with E-state index in [-0.39, 0.29) is 36.8 Å². The molecule has 3 N–H and O–H groups in total. The molecule has 0 aliphatic rings. The molecule has 0 aliphatic carbocycles. The van der Waals surface area contributed by atoms with E-state index in [1.807, 2.05) is 31.2 Å². The fourth-order valence-electron chi connectivity index (χ4n) is 3.50. The molecule has 164 valence electrons. The number of hydrogen-bond donors (Lipinski definition) is 3. The fraction of sp³-hybridized carbons (Fsp3) is 0.381. The second-order valence-corrected chi connectivity index (χ2v) is 9.21. The molecule has 0 bridgehead atoms. The van der Waals surface area contributed by atoms with Gasteiger partial charge < -0.3 is 14.8 Å². The van der Waals surface area contributed by atoms with Gasteiger partial charge in [-0.2, -0.15) is 0 Å². The van der Waals surface area contributed by atoms with Crippen LogP contribution in [0.4, 0.5) is 0 Å². The number of terminal acetylenes is 1. The topological polar surface area (TPSA) is 130 Å². The zero-order valence-corrected chi connectivity index (χ0v) is 18.1. The molecule has 0 fully saturated rings. The Hall–Kier alpha value is -2.92. The number of fused-ring (bicyclic) bond motifs is 1. The minimum Gasteiger partial charge on any atom is -0.336 e. The first kappa shape index (κ1) is 22.8. The highest BCUT2D eigenvalue weighted by Gasteiger charge is 2.18. The van der Waals surface area contributed by atoms with Crippen LogP contribution in [-0.4, -0.2) is 35.1 Å². The number of aromatic amines is 1. The van der Waals surface area contributed by atoms with Crippen LogP contribution in [0.3, 0.4) is 0 Å². The van der Waals surface area contributed by atoms with Gasteiger partial charge in [-0.3, -0.25) is 13.9 Å². The smallest absolute Gasteiger partial charge is 0.333 e. The largest absolute Gasteiger partial charge is 0.336 e. The summed E-state index contributed by atoms with van der Waals surface area (Å²) in [6.07, 6.45) is 6.91. The molecule has 0 radical (unpaired) electrons. The van der Waals surface area contributed by atoms with Gasteiger partial charge in [-0.15, -0.1) is 6.42 Å². The Morgan fingerprint density at radius 1 is 1.16 bits per heavy atom. The van der Waals surface area contributed by atoms with Crippen LogP contribution in [0.25, 0.3) is 11.2 Å². The minimum atomic E-state index is -4.10. The van der Waals surface area contributed by atoms with Gasteiger partial charge in [-0.05, 0) is 37.3 Å². The van der Waals surface area contributed by atoms with Crippen LogP contribution < -0.4 is 11.2 Å². The van der Waals surface area contributed by atoms with E-state index >= 15 is 0 Å². The maximum absolute atomic E-state index is 12.8. The number of imidazole rings is 1. The number of nitrogens with zero attached hydrogens (tertiary/aromatic N) is 3. The van der Waals surface area contributed by atoms with Crippen molar-refractivity contribution in [2.75, 3.05) is 6.16 Å². The van der Waals surface area contributed by atoms with E-state index < -0.39 is 18.8 Å². The van der Waals surface area contributed by atoms with Crippen molar-refractivity contribution in [3.05, 3.63) is 62.1 Å². The summed E-state index contributed by atoms with van der Waals surface area (Å²) in [5.41, 5.74) is 1.66. The first-order chi connectivity index (χ1) is 14.7. The van der Waals surface area contributed by atoms with Crippen molar-refractivity contribution in [3.8, 4) is 12.3 Å². The zero-order valence-electron chi connectivity index (χ0n) is 17.2. The monoisotopic (exact) mass is 444 g/mol. The third kappa shape index (κ3) is 5.42. The lowest BCUT2D eigenvalue weighted by molar-refractivity contribution is 0.370. The summed E-state index contributed by atoms with van der Waals surface area (Å²) >= 11 is 0. The van der Waals surface area contributed by atoms with Crippen LogP contribution in [0.2, 0.25) is 0 Å². The van der Waals surface area contributed by atoms with Gasteiger partial charge in [0.05, 0.1) is 6.54 Å². The number of benzene rings is 1. The number of unbranched alkanes of at least 4 members (excludes halogenated alkanes) is 1. The second-order valence-electron chi connectivity index (χ2n) is 7.43. The SMILES string of the molecule is C#CCn1c(=O)c2[nH]c(CCc3ccccc3C)nc2n(CCCCP(=O)(O)O)c1=O. The van der Waals surface area contributed by atoms with Crippen molar-refractivity contribution in [2.45, 2.75) is 45.7 Å². The highest BCUT2D eigenvalue weighted by molar-refractivity contribution is 7.51. The summed E-state index contributed by atoms with van der Waals surface area (Å²) < 4.78 is 13.4. The molecular weight excluding hydrogens is 419 g/mol. The molecule has 2 aromatic heterocycles. The van der Waals surface area contributed by atoms with Crippen LogP contribution in [0.5, 0.6) is 0 Å². The Morgan fingerprint density at radius 3 is 2.58 bits per heavy atom. The molecule has 3 aromatic rings. The molecule has 9 nitrogen and oxygen atoms in total. The Morgan fingerprint density at radius 2 is 1.90 bits per heavy atom. The van der Waals surface area contributed by atoms with Crippen LogP contribution in [0.15, 0.2) is 33.9 Å². The Balaban J connectivity index is 1.94. The maximum atomic E-state index is 12.8. The summed E-state index contributed by atoms with van der Waals surface area (Å²) in [6, 6.07) is 8.00. The Bertz CT molecular complexity index is 1290. The first-order valence-electron chi connectivity index (χ1n) is 9.96. The molecule has 0 unspecified atom stereocenters. The van der Waals surface area contributed by atoms with E-state index in [1.54, 1.807) is 0 Å². The molecule has 0 spiro atoms. The van der Waals surface area contributed by atoms with E-state index in [0.29, 0.717) is 18.7 Å². The predicted octanol–water partition coefficient (Wildman–Crippen LogP) is 1.57. The van der Waals surface area contributed by atoms with Gasteiger partial charge >= 0.3 is 13.3 Å². The molecule has 31 heavy (non-hydrogen) atoms. The number of hydrogen-bond acceptors (Lipinski definition) is 4. The second kappa shape index (κ2) is 9.48. The molecule has 2 heterocycles. The van der Waals surface area contributed by atoms with Crippen molar-refractivity contribution < 1.29 is 14.4 Å². The normalized spacial score (nSPS) is 11.7. The third-order valence-corrected chi connectivity index (χ3v) is 6.03. The number of aryl methyl sites for hydroxylation is 4. The lowest BCUT2D eigenvalue weighted by atomic mass is 10.0. The summed E-state index contributed by atoms with van der Waals surface area (Å²) in [4.78, 5) is 51.2. The summed E-state index contributed by atoms with van der Waals surface area (Å²) in [5.74, 6) is 2.90. The quantitative estimate of drug-likeness (QED) is 0.261. The van der Waals surface area contributed by atoms with Gasteiger partial charge in [0.2, 0.25) is 0 Å². The van der Waals surface area contributed by atoms with Crippen molar-refractivity contribution in [3.63, 3.8) is 0 Å². The van der Waals surface area contributed by atoms with Gasteiger partial charge in [0.1, 0.15) is 11.3 Å². The maximum Gasteiger partial charge on any atom is 0.333 e. The van der Waals surface area contributed by atoms with Gasteiger partial charge in [-0.25, -0.2) is 14.3 Å².